The molecule has 24 heavy (non-hydrogen) atoms. The molecule has 3 rings (SSSR count). The van der Waals surface area contributed by atoms with Crippen LogP contribution in [0.15, 0.2) is 63.9 Å². The van der Waals surface area contributed by atoms with Crippen LogP contribution < -0.4 is 4.72 Å². The molecule has 0 aliphatic heterocycles. The molecule has 1 heterocycles. The molecule has 0 spiro atoms. The third-order valence-electron chi connectivity index (χ3n) is 3.69. The third kappa shape index (κ3) is 3.33. The van der Waals surface area contributed by atoms with Crippen molar-refractivity contribution >= 4 is 21.0 Å². The molecular weight excluding hydrogens is 333 g/mol. The van der Waals surface area contributed by atoms with Gasteiger partial charge in [-0.05, 0) is 43.3 Å². The summed E-state index contributed by atoms with van der Waals surface area (Å²) in [5.74, 6) is -0.270. The Morgan fingerprint density at radius 3 is 2.50 bits per heavy atom. The largest absolute Gasteiger partial charge is 0.458 e. The van der Waals surface area contributed by atoms with Crippen molar-refractivity contribution in [2.45, 2.75) is 17.4 Å². The SMILES string of the molecule is CC(O)(CNS(=O)(=O)c1ccc(F)cc1)c1cc2ccccc2o1. The third-order valence-corrected chi connectivity index (χ3v) is 5.10. The summed E-state index contributed by atoms with van der Waals surface area (Å²) in [6, 6.07) is 13.4. The van der Waals surface area contributed by atoms with E-state index in [-0.39, 0.29) is 17.2 Å². The standard InChI is InChI=1S/C17H16FNO4S/c1-17(20,16-10-12-4-2-3-5-15(12)23-16)11-19-24(21,22)14-8-6-13(18)7-9-14/h2-10,19-20H,11H2,1H3. The normalized spacial score (nSPS) is 14.6. The Kier molecular flexibility index (Phi) is 4.16. The Morgan fingerprint density at radius 2 is 1.83 bits per heavy atom. The van der Waals surface area contributed by atoms with Crippen molar-refractivity contribution < 1.29 is 22.3 Å². The lowest BCUT2D eigenvalue weighted by molar-refractivity contribution is 0.0412. The smallest absolute Gasteiger partial charge is 0.240 e. The summed E-state index contributed by atoms with van der Waals surface area (Å²) >= 11 is 0. The number of sulfonamides is 1. The van der Waals surface area contributed by atoms with Gasteiger partial charge in [0.1, 0.15) is 22.8 Å². The summed E-state index contributed by atoms with van der Waals surface area (Å²) in [4.78, 5) is -0.0793. The van der Waals surface area contributed by atoms with E-state index in [4.69, 9.17) is 4.42 Å². The van der Waals surface area contributed by atoms with Crippen LogP contribution in [0.3, 0.4) is 0 Å². The maximum Gasteiger partial charge on any atom is 0.240 e. The van der Waals surface area contributed by atoms with Crippen molar-refractivity contribution in [3.05, 3.63) is 66.2 Å². The van der Waals surface area contributed by atoms with E-state index in [0.29, 0.717) is 5.58 Å². The minimum atomic E-state index is -3.87. The monoisotopic (exact) mass is 349 g/mol. The van der Waals surface area contributed by atoms with Gasteiger partial charge in [-0.3, -0.25) is 0 Å². The van der Waals surface area contributed by atoms with Crippen LogP contribution in [0.1, 0.15) is 12.7 Å². The molecule has 2 N–H and O–H groups in total. The quantitative estimate of drug-likeness (QED) is 0.742. The van der Waals surface area contributed by atoms with E-state index >= 15 is 0 Å². The molecule has 0 amide bonds. The van der Waals surface area contributed by atoms with E-state index in [0.717, 1.165) is 29.7 Å². The second-order valence-electron chi connectivity index (χ2n) is 5.70. The first-order valence-corrected chi connectivity index (χ1v) is 8.73. The molecule has 0 saturated carbocycles. The molecule has 7 heteroatoms. The molecule has 1 aromatic heterocycles. The maximum atomic E-state index is 12.9. The zero-order chi connectivity index (χ0) is 17.4. The highest BCUT2D eigenvalue weighted by Gasteiger charge is 2.29. The second kappa shape index (κ2) is 6.01. The van der Waals surface area contributed by atoms with Crippen molar-refractivity contribution in [3.8, 4) is 0 Å². The molecular formula is C17H16FNO4S. The van der Waals surface area contributed by atoms with Crippen LogP contribution in [0, 0.1) is 5.82 Å². The predicted octanol–water partition coefficient (Wildman–Crippen LogP) is 2.76. The van der Waals surface area contributed by atoms with Gasteiger partial charge in [-0.15, -0.1) is 0 Å². The van der Waals surface area contributed by atoms with E-state index in [9.17, 15) is 17.9 Å². The van der Waals surface area contributed by atoms with E-state index in [1.807, 2.05) is 18.2 Å². The Labute approximate surface area is 138 Å². The van der Waals surface area contributed by atoms with Crippen LogP contribution in [0.2, 0.25) is 0 Å². The molecule has 2 aromatic carbocycles. The van der Waals surface area contributed by atoms with Gasteiger partial charge in [0.2, 0.25) is 10.0 Å². The molecule has 3 aromatic rings. The number of hydrogen-bond acceptors (Lipinski definition) is 4. The highest BCUT2D eigenvalue weighted by Crippen LogP contribution is 2.27. The van der Waals surface area contributed by atoms with Gasteiger partial charge in [0.25, 0.3) is 0 Å². The number of hydrogen-bond donors (Lipinski definition) is 2. The van der Waals surface area contributed by atoms with Gasteiger partial charge in [-0.1, -0.05) is 18.2 Å². The number of aliphatic hydroxyl groups is 1. The van der Waals surface area contributed by atoms with Gasteiger partial charge in [0.15, 0.2) is 0 Å². The lowest BCUT2D eigenvalue weighted by Crippen LogP contribution is -2.38. The minimum absolute atomic E-state index is 0.0793. The Bertz CT molecular complexity index is 929. The average Bonchev–Trinajstić information content (AvgIpc) is 2.99. The number of fused-ring (bicyclic) bond motifs is 1. The van der Waals surface area contributed by atoms with Gasteiger partial charge in [-0.25, -0.2) is 17.5 Å². The van der Waals surface area contributed by atoms with E-state index in [1.54, 1.807) is 12.1 Å². The first-order chi connectivity index (χ1) is 11.3. The van der Waals surface area contributed by atoms with E-state index in [1.165, 1.54) is 6.92 Å². The van der Waals surface area contributed by atoms with Crippen LogP contribution in [0.25, 0.3) is 11.0 Å². The number of halogens is 1. The number of furan rings is 1. The van der Waals surface area contributed by atoms with Crippen LogP contribution >= 0.6 is 0 Å². The Hall–Kier alpha value is -2.22. The van der Waals surface area contributed by atoms with Crippen molar-refractivity contribution in [1.82, 2.24) is 4.72 Å². The predicted molar refractivity (Wildman–Crippen MR) is 87.4 cm³/mol. The lowest BCUT2D eigenvalue weighted by Gasteiger charge is -2.21. The average molecular weight is 349 g/mol. The fourth-order valence-electron chi connectivity index (χ4n) is 2.27. The van der Waals surface area contributed by atoms with Gasteiger partial charge >= 0.3 is 0 Å². The second-order valence-corrected chi connectivity index (χ2v) is 7.47. The fraction of sp³-hybridized carbons (Fsp3) is 0.176. The van der Waals surface area contributed by atoms with Gasteiger partial charge < -0.3 is 9.52 Å². The van der Waals surface area contributed by atoms with Gasteiger partial charge in [0.05, 0.1) is 4.90 Å². The Balaban J connectivity index is 1.80. The summed E-state index contributed by atoms with van der Waals surface area (Å²) in [6.45, 7) is 1.17. The molecule has 5 nitrogen and oxygen atoms in total. The number of nitrogens with one attached hydrogen (secondary N) is 1. The molecule has 0 saturated heterocycles. The summed E-state index contributed by atoms with van der Waals surface area (Å²) in [5, 5.41) is 11.4. The van der Waals surface area contributed by atoms with E-state index in [2.05, 4.69) is 4.72 Å². The van der Waals surface area contributed by atoms with Crippen molar-refractivity contribution in [2.24, 2.45) is 0 Å². The summed E-state index contributed by atoms with van der Waals surface area (Å²) < 4.78 is 45.2. The molecule has 0 aliphatic carbocycles. The highest BCUT2D eigenvalue weighted by molar-refractivity contribution is 7.89. The summed E-state index contributed by atoms with van der Waals surface area (Å²) in [5.41, 5.74) is -0.930. The van der Waals surface area contributed by atoms with Crippen molar-refractivity contribution in [2.75, 3.05) is 6.54 Å². The molecule has 0 aliphatic rings. The molecule has 0 radical (unpaired) electrons. The van der Waals surface area contributed by atoms with Crippen LogP contribution in [0.5, 0.6) is 0 Å². The van der Waals surface area contributed by atoms with Crippen LogP contribution in [0.4, 0.5) is 4.39 Å². The highest BCUT2D eigenvalue weighted by atomic mass is 32.2. The molecule has 0 bridgehead atoms. The molecule has 126 valence electrons. The first kappa shape index (κ1) is 16.6. The van der Waals surface area contributed by atoms with Crippen molar-refractivity contribution in [1.29, 1.82) is 0 Å². The zero-order valence-electron chi connectivity index (χ0n) is 12.9. The Morgan fingerprint density at radius 1 is 1.17 bits per heavy atom. The summed E-state index contributed by atoms with van der Waals surface area (Å²) in [6.07, 6.45) is 0. The van der Waals surface area contributed by atoms with Crippen LogP contribution in [-0.4, -0.2) is 20.1 Å². The zero-order valence-corrected chi connectivity index (χ0v) is 13.7. The first-order valence-electron chi connectivity index (χ1n) is 7.25. The lowest BCUT2D eigenvalue weighted by atomic mass is 10.0. The van der Waals surface area contributed by atoms with E-state index < -0.39 is 21.4 Å². The maximum absolute atomic E-state index is 12.9. The number of para-hydroxylation sites is 1. The molecule has 1 atom stereocenters. The fourth-order valence-corrected chi connectivity index (χ4v) is 3.40. The number of rotatable bonds is 5. The van der Waals surface area contributed by atoms with Crippen LogP contribution in [-0.2, 0) is 15.6 Å². The topological polar surface area (TPSA) is 79.5 Å². The number of benzene rings is 2. The van der Waals surface area contributed by atoms with Gasteiger partial charge in [0, 0.05) is 11.9 Å². The molecule has 0 fully saturated rings. The molecule has 1 unspecified atom stereocenters. The summed E-state index contributed by atoms with van der Waals surface area (Å²) in [7, 11) is -3.87. The van der Waals surface area contributed by atoms with Crippen molar-refractivity contribution in [3.63, 3.8) is 0 Å². The minimum Gasteiger partial charge on any atom is -0.458 e. The van der Waals surface area contributed by atoms with Gasteiger partial charge in [-0.2, -0.15) is 0 Å².